The Kier molecular flexibility index (Phi) is 5.04. The van der Waals surface area contributed by atoms with E-state index in [0.29, 0.717) is 19.8 Å². The summed E-state index contributed by atoms with van der Waals surface area (Å²) >= 11 is 6.38. The molecule has 1 aromatic carbocycles. The molecule has 0 aliphatic carbocycles. The number of hydrogen-bond acceptors (Lipinski definition) is 4. The summed E-state index contributed by atoms with van der Waals surface area (Å²) < 4.78 is 17.3. The van der Waals surface area contributed by atoms with Crippen LogP contribution in [-0.2, 0) is 20.8 Å². The van der Waals surface area contributed by atoms with Crippen LogP contribution in [0.25, 0.3) is 0 Å². The van der Waals surface area contributed by atoms with Gasteiger partial charge in [0, 0.05) is 6.54 Å². The van der Waals surface area contributed by atoms with E-state index in [1.807, 2.05) is 51.1 Å². The van der Waals surface area contributed by atoms with Crippen molar-refractivity contribution < 1.29 is 19.0 Å². The Labute approximate surface area is 147 Å². The van der Waals surface area contributed by atoms with Crippen LogP contribution in [0, 0.1) is 0 Å². The van der Waals surface area contributed by atoms with Crippen molar-refractivity contribution in [2.24, 2.45) is 0 Å². The van der Waals surface area contributed by atoms with Crippen LogP contribution >= 0.6 is 11.6 Å². The van der Waals surface area contributed by atoms with Gasteiger partial charge in [-0.3, -0.25) is 4.90 Å². The van der Waals surface area contributed by atoms with E-state index in [4.69, 9.17) is 25.8 Å². The van der Waals surface area contributed by atoms with Crippen molar-refractivity contribution in [1.82, 2.24) is 4.90 Å². The van der Waals surface area contributed by atoms with Gasteiger partial charge in [-0.25, -0.2) is 4.79 Å². The molecule has 132 valence electrons. The van der Waals surface area contributed by atoms with Gasteiger partial charge in [0.2, 0.25) is 0 Å². The first-order valence-corrected chi connectivity index (χ1v) is 8.69. The molecule has 3 rings (SSSR count). The maximum Gasteiger partial charge on any atom is 0.410 e. The third-order valence-electron chi connectivity index (χ3n) is 4.19. The zero-order valence-electron chi connectivity index (χ0n) is 14.3. The molecular formula is C18H24ClNO4. The summed E-state index contributed by atoms with van der Waals surface area (Å²) in [6.45, 7) is 6.89. The summed E-state index contributed by atoms with van der Waals surface area (Å²) in [7, 11) is 0. The van der Waals surface area contributed by atoms with E-state index < -0.39 is 5.60 Å². The Morgan fingerprint density at radius 3 is 2.71 bits per heavy atom. The van der Waals surface area contributed by atoms with Crippen molar-refractivity contribution in [3.05, 3.63) is 35.9 Å². The fourth-order valence-electron chi connectivity index (χ4n) is 3.17. The lowest BCUT2D eigenvalue weighted by molar-refractivity contribution is -0.0159. The Hall–Kier alpha value is -1.30. The first-order valence-electron chi connectivity index (χ1n) is 8.26. The number of carbonyl (C=O) groups excluding carboxylic acids is 1. The summed E-state index contributed by atoms with van der Waals surface area (Å²) in [5.41, 5.74) is 0.543. The number of alkyl halides is 1. The van der Waals surface area contributed by atoms with Crippen LogP contribution in [0.2, 0.25) is 0 Å². The number of nitrogens with zero attached hydrogens (tertiary/aromatic N) is 1. The Balaban J connectivity index is 1.67. The van der Waals surface area contributed by atoms with Crippen LogP contribution in [0.3, 0.4) is 0 Å². The summed E-state index contributed by atoms with van der Waals surface area (Å²) in [5, 5.41) is -0.243. The highest BCUT2D eigenvalue weighted by Gasteiger charge is 2.53. The molecule has 0 aromatic heterocycles. The number of amides is 1. The molecule has 2 fully saturated rings. The first kappa shape index (κ1) is 17.5. The van der Waals surface area contributed by atoms with Crippen LogP contribution in [-0.4, -0.2) is 53.4 Å². The van der Waals surface area contributed by atoms with Crippen molar-refractivity contribution in [1.29, 1.82) is 0 Å². The molecule has 5 nitrogen and oxygen atoms in total. The first-order chi connectivity index (χ1) is 11.3. The summed E-state index contributed by atoms with van der Waals surface area (Å²) in [4.78, 5) is 14.2. The molecule has 0 spiro atoms. The summed E-state index contributed by atoms with van der Waals surface area (Å²) in [6, 6.07) is 9.74. The van der Waals surface area contributed by atoms with Gasteiger partial charge in [-0.15, -0.1) is 11.6 Å². The number of halogens is 1. The van der Waals surface area contributed by atoms with Crippen LogP contribution in [0.1, 0.15) is 26.3 Å². The second kappa shape index (κ2) is 6.90. The van der Waals surface area contributed by atoms with E-state index >= 15 is 0 Å². The Morgan fingerprint density at radius 1 is 1.33 bits per heavy atom. The molecule has 0 saturated carbocycles. The lowest BCUT2D eigenvalue weighted by Crippen LogP contribution is -2.47. The largest absolute Gasteiger partial charge is 0.444 e. The Morgan fingerprint density at radius 2 is 2.04 bits per heavy atom. The predicted octanol–water partition coefficient (Wildman–Crippen LogP) is 3.20. The quantitative estimate of drug-likeness (QED) is 0.783. The molecule has 2 heterocycles. The van der Waals surface area contributed by atoms with Gasteiger partial charge in [0.25, 0.3) is 0 Å². The second-order valence-corrected chi connectivity index (χ2v) is 7.83. The zero-order chi connectivity index (χ0) is 17.3. The lowest BCUT2D eigenvalue weighted by Gasteiger charge is -2.30. The Bertz CT molecular complexity index is 574. The van der Waals surface area contributed by atoms with Crippen LogP contribution in [0.15, 0.2) is 30.3 Å². The van der Waals surface area contributed by atoms with E-state index in [9.17, 15) is 4.79 Å². The van der Waals surface area contributed by atoms with E-state index in [1.165, 1.54) is 0 Å². The van der Waals surface area contributed by atoms with Gasteiger partial charge in [-0.05, 0) is 26.3 Å². The van der Waals surface area contributed by atoms with E-state index in [0.717, 1.165) is 5.56 Å². The minimum atomic E-state index is -0.545. The molecule has 0 unspecified atom stereocenters. The normalized spacial score (nSPS) is 29.6. The zero-order valence-corrected chi connectivity index (χ0v) is 15.0. The minimum Gasteiger partial charge on any atom is -0.444 e. The topological polar surface area (TPSA) is 48.0 Å². The average molecular weight is 354 g/mol. The summed E-state index contributed by atoms with van der Waals surface area (Å²) in [6.07, 6.45) is -0.772. The van der Waals surface area contributed by atoms with Crippen LogP contribution in [0.4, 0.5) is 4.79 Å². The number of ether oxygens (including phenoxy) is 3. The number of carbonyl (C=O) groups is 1. The van der Waals surface area contributed by atoms with Gasteiger partial charge in [-0.2, -0.15) is 0 Å². The predicted molar refractivity (Wildman–Crippen MR) is 91.1 cm³/mol. The smallest absolute Gasteiger partial charge is 0.410 e. The van der Waals surface area contributed by atoms with Crippen molar-refractivity contribution in [3.8, 4) is 0 Å². The van der Waals surface area contributed by atoms with Gasteiger partial charge in [0.1, 0.15) is 11.7 Å². The molecule has 2 saturated heterocycles. The third-order valence-corrected chi connectivity index (χ3v) is 4.58. The monoisotopic (exact) mass is 353 g/mol. The molecular weight excluding hydrogens is 330 g/mol. The van der Waals surface area contributed by atoms with Gasteiger partial charge in [0.15, 0.2) is 0 Å². The van der Waals surface area contributed by atoms with Gasteiger partial charge in [0.05, 0.1) is 30.7 Å². The van der Waals surface area contributed by atoms with Crippen molar-refractivity contribution in [2.45, 2.75) is 56.6 Å². The molecule has 0 bridgehead atoms. The molecule has 6 heteroatoms. The molecule has 0 radical (unpaired) electrons. The number of benzene rings is 1. The number of fused-ring (bicyclic) bond motifs is 1. The van der Waals surface area contributed by atoms with Gasteiger partial charge >= 0.3 is 6.09 Å². The second-order valence-electron chi connectivity index (χ2n) is 7.27. The van der Waals surface area contributed by atoms with E-state index in [2.05, 4.69) is 0 Å². The number of likely N-dealkylation sites (tertiary alicyclic amines) is 1. The van der Waals surface area contributed by atoms with Crippen molar-refractivity contribution >= 4 is 17.7 Å². The number of rotatable bonds is 3. The van der Waals surface area contributed by atoms with Crippen molar-refractivity contribution in [3.63, 3.8) is 0 Å². The highest BCUT2D eigenvalue weighted by molar-refractivity contribution is 6.21. The molecule has 1 aromatic rings. The van der Waals surface area contributed by atoms with Gasteiger partial charge in [-0.1, -0.05) is 30.3 Å². The van der Waals surface area contributed by atoms with Gasteiger partial charge < -0.3 is 14.2 Å². The highest BCUT2D eigenvalue weighted by Crippen LogP contribution is 2.35. The summed E-state index contributed by atoms with van der Waals surface area (Å²) in [5.74, 6) is 0. The molecule has 24 heavy (non-hydrogen) atoms. The highest BCUT2D eigenvalue weighted by atomic mass is 35.5. The van der Waals surface area contributed by atoms with Crippen molar-refractivity contribution in [2.75, 3.05) is 13.2 Å². The molecule has 1 amide bonds. The number of hydrogen-bond donors (Lipinski definition) is 0. The third kappa shape index (κ3) is 3.85. The van der Waals surface area contributed by atoms with Crippen LogP contribution in [0.5, 0.6) is 0 Å². The van der Waals surface area contributed by atoms with E-state index in [-0.39, 0.29) is 29.7 Å². The van der Waals surface area contributed by atoms with Crippen LogP contribution < -0.4 is 0 Å². The lowest BCUT2D eigenvalue weighted by atomic mass is 10.1. The molecule has 2 aliphatic rings. The maximum absolute atomic E-state index is 12.5. The SMILES string of the molecule is CC(C)(C)OC(=O)N1C[C@@H](Cl)[C@@H]2OC[C@@H](OCc3ccccc3)[C@@H]21. The molecule has 0 N–H and O–H groups in total. The molecule has 2 aliphatic heterocycles. The molecule has 4 atom stereocenters. The van der Waals surface area contributed by atoms with E-state index in [1.54, 1.807) is 4.90 Å². The fraction of sp³-hybridized carbons (Fsp3) is 0.611. The minimum absolute atomic E-state index is 0.202. The standard InChI is InChI=1S/C18H24ClNO4/c1-18(2,3)24-17(21)20-9-13(19)16-15(20)14(11-23-16)22-10-12-7-5-4-6-8-12/h4-8,13-16H,9-11H2,1-3H3/t13-,14-,15+,16+/m1/s1. The fourth-order valence-corrected chi connectivity index (χ4v) is 3.54. The maximum atomic E-state index is 12.5. The average Bonchev–Trinajstić information content (AvgIpc) is 3.06.